The SMILES string of the molecule is CC1(CC2CCC2)CC1CNC1CC1. The molecule has 3 aliphatic rings. The van der Waals surface area contributed by atoms with E-state index in [1.54, 1.807) is 0 Å². The molecule has 1 heteroatoms. The number of hydrogen-bond donors (Lipinski definition) is 1. The molecule has 2 unspecified atom stereocenters. The van der Waals surface area contributed by atoms with Gasteiger partial charge in [0.05, 0.1) is 0 Å². The molecule has 2 atom stereocenters. The van der Waals surface area contributed by atoms with E-state index in [1.807, 2.05) is 0 Å². The van der Waals surface area contributed by atoms with Gasteiger partial charge in [-0.05, 0) is 49.5 Å². The fourth-order valence-corrected chi connectivity index (χ4v) is 3.03. The molecule has 1 N–H and O–H groups in total. The zero-order chi connectivity index (χ0) is 9.60. The van der Waals surface area contributed by atoms with Crippen LogP contribution < -0.4 is 5.32 Å². The van der Waals surface area contributed by atoms with Gasteiger partial charge in [0.25, 0.3) is 0 Å². The maximum atomic E-state index is 3.68. The Balaban J connectivity index is 1.39. The van der Waals surface area contributed by atoms with Crippen molar-refractivity contribution >= 4 is 0 Å². The summed E-state index contributed by atoms with van der Waals surface area (Å²) >= 11 is 0. The monoisotopic (exact) mass is 193 g/mol. The highest BCUT2D eigenvalue weighted by Crippen LogP contribution is 2.58. The van der Waals surface area contributed by atoms with Gasteiger partial charge in [0.15, 0.2) is 0 Å². The van der Waals surface area contributed by atoms with Crippen LogP contribution in [0.3, 0.4) is 0 Å². The molecule has 1 nitrogen and oxygen atoms in total. The van der Waals surface area contributed by atoms with Crippen molar-refractivity contribution < 1.29 is 0 Å². The van der Waals surface area contributed by atoms with Gasteiger partial charge in [-0.3, -0.25) is 0 Å². The molecule has 0 heterocycles. The normalized spacial score (nSPS) is 42.2. The summed E-state index contributed by atoms with van der Waals surface area (Å²) in [6.45, 7) is 3.83. The Bertz CT molecular complexity index is 217. The van der Waals surface area contributed by atoms with E-state index in [2.05, 4.69) is 12.2 Å². The summed E-state index contributed by atoms with van der Waals surface area (Å²) in [6.07, 6.45) is 10.5. The first-order chi connectivity index (χ1) is 6.76. The Labute approximate surface area is 87.7 Å². The van der Waals surface area contributed by atoms with Crippen molar-refractivity contribution in [3.63, 3.8) is 0 Å². The summed E-state index contributed by atoms with van der Waals surface area (Å²) < 4.78 is 0. The molecule has 0 aliphatic heterocycles. The largest absolute Gasteiger partial charge is 0.314 e. The molecule has 0 radical (unpaired) electrons. The van der Waals surface area contributed by atoms with Crippen LogP contribution in [-0.2, 0) is 0 Å². The molecule has 0 amide bonds. The van der Waals surface area contributed by atoms with Gasteiger partial charge in [-0.25, -0.2) is 0 Å². The van der Waals surface area contributed by atoms with Crippen LogP contribution >= 0.6 is 0 Å². The summed E-state index contributed by atoms with van der Waals surface area (Å²) in [5.74, 6) is 2.12. The van der Waals surface area contributed by atoms with Crippen molar-refractivity contribution in [2.75, 3.05) is 6.54 Å². The lowest BCUT2D eigenvalue weighted by atomic mass is 9.77. The van der Waals surface area contributed by atoms with E-state index in [0.717, 1.165) is 23.3 Å². The molecular weight excluding hydrogens is 170 g/mol. The van der Waals surface area contributed by atoms with Crippen molar-refractivity contribution in [3.8, 4) is 0 Å². The van der Waals surface area contributed by atoms with Crippen LogP contribution in [0.5, 0.6) is 0 Å². The molecule has 3 rings (SSSR count). The number of hydrogen-bond acceptors (Lipinski definition) is 1. The summed E-state index contributed by atoms with van der Waals surface area (Å²) in [6, 6.07) is 0.906. The number of rotatable bonds is 5. The van der Waals surface area contributed by atoms with Crippen LogP contribution in [0.2, 0.25) is 0 Å². The van der Waals surface area contributed by atoms with Crippen molar-refractivity contribution in [3.05, 3.63) is 0 Å². The highest BCUT2D eigenvalue weighted by atomic mass is 15.0. The quantitative estimate of drug-likeness (QED) is 0.708. The van der Waals surface area contributed by atoms with Gasteiger partial charge in [-0.2, -0.15) is 0 Å². The lowest BCUT2D eigenvalue weighted by Crippen LogP contribution is -2.23. The highest BCUT2D eigenvalue weighted by Gasteiger charge is 2.50. The molecule has 3 fully saturated rings. The van der Waals surface area contributed by atoms with Crippen LogP contribution in [0.1, 0.15) is 51.9 Å². The Morgan fingerprint density at radius 2 is 2.00 bits per heavy atom. The average molecular weight is 193 g/mol. The minimum Gasteiger partial charge on any atom is -0.314 e. The standard InChI is InChI=1S/C13H23N/c1-13(7-10-3-2-4-10)8-11(13)9-14-12-5-6-12/h10-12,14H,2-9H2,1H3. The third kappa shape index (κ3) is 1.84. The fourth-order valence-electron chi connectivity index (χ4n) is 3.03. The maximum Gasteiger partial charge on any atom is 0.00683 e. The van der Waals surface area contributed by atoms with Gasteiger partial charge in [0.2, 0.25) is 0 Å². The van der Waals surface area contributed by atoms with Crippen molar-refractivity contribution in [1.29, 1.82) is 0 Å². The average Bonchev–Trinajstić information content (AvgIpc) is 2.93. The van der Waals surface area contributed by atoms with Crippen molar-refractivity contribution in [2.45, 2.75) is 57.9 Å². The molecule has 14 heavy (non-hydrogen) atoms. The first-order valence-electron chi connectivity index (χ1n) is 6.50. The van der Waals surface area contributed by atoms with Crippen LogP contribution in [0, 0.1) is 17.3 Å². The fraction of sp³-hybridized carbons (Fsp3) is 1.00. The molecule has 0 bridgehead atoms. The third-order valence-electron chi connectivity index (χ3n) is 4.75. The highest BCUT2D eigenvalue weighted by molar-refractivity contribution is 5.02. The second kappa shape index (κ2) is 3.23. The lowest BCUT2D eigenvalue weighted by molar-refractivity contribution is 0.236. The predicted octanol–water partition coefficient (Wildman–Crippen LogP) is 2.95. The van der Waals surface area contributed by atoms with Crippen LogP contribution in [-0.4, -0.2) is 12.6 Å². The molecule has 3 aliphatic carbocycles. The Hall–Kier alpha value is -0.0400. The van der Waals surface area contributed by atoms with Gasteiger partial charge < -0.3 is 5.32 Å². The van der Waals surface area contributed by atoms with E-state index < -0.39 is 0 Å². The second-order valence-electron chi connectivity index (χ2n) is 6.24. The lowest BCUT2D eigenvalue weighted by Gasteiger charge is -2.28. The van der Waals surface area contributed by atoms with Crippen LogP contribution in [0.4, 0.5) is 0 Å². The Kier molecular flexibility index (Phi) is 2.12. The van der Waals surface area contributed by atoms with E-state index in [9.17, 15) is 0 Å². The van der Waals surface area contributed by atoms with Crippen molar-refractivity contribution in [2.24, 2.45) is 17.3 Å². The summed E-state index contributed by atoms with van der Waals surface area (Å²) in [7, 11) is 0. The Morgan fingerprint density at radius 1 is 1.21 bits per heavy atom. The van der Waals surface area contributed by atoms with E-state index in [-0.39, 0.29) is 0 Å². The Morgan fingerprint density at radius 3 is 2.57 bits per heavy atom. The topological polar surface area (TPSA) is 12.0 Å². The van der Waals surface area contributed by atoms with Crippen LogP contribution in [0.15, 0.2) is 0 Å². The first kappa shape index (κ1) is 9.21. The molecule has 0 spiro atoms. The zero-order valence-corrected chi connectivity index (χ0v) is 9.39. The van der Waals surface area contributed by atoms with Crippen LogP contribution in [0.25, 0.3) is 0 Å². The molecule has 3 saturated carbocycles. The van der Waals surface area contributed by atoms with Gasteiger partial charge in [0.1, 0.15) is 0 Å². The minimum atomic E-state index is 0.743. The molecular formula is C13H23N. The third-order valence-corrected chi connectivity index (χ3v) is 4.75. The van der Waals surface area contributed by atoms with Gasteiger partial charge in [-0.15, -0.1) is 0 Å². The molecule has 80 valence electrons. The molecule has 0 aromatic rings. The van der Waals surface area contributed by atoms with E-state index in [0.29, 0.717) is 0 Å². The van der Waals surface area contributed by atoms with Gasteiger partial charge in [0, 0.05) is 6.04 Å². The first-order valence-corrected chi connectivity index (χ1v) is 6.50. The minimum absolute atomic E-state index is 0.743. The number of nitrogens with one attached hydrogen (secondary N) is 1. The molecule has 0 aromatic heterocycles. The zero-order valence-electron chi connectivity index (χ0n) is 9.39. The molecule has 0 saturated heterocycles. The summed E-state index contributed by atoms with van der Waals surface area (Å²) in [5, 5.41) is 3.68. The van der Waals surface area contributed by atoms with Gasteiger partial charge in [-0.1, -0.05) is 26.2 Å². The van der Waals surface area contributed by atoms with E-state index in [4.69, 9.17) is 0 Å². The molecule has 0 aromatic carbocycles. The summed E-state index contributed by atoms with van der Waals surface area (Å²) in [4.78, 5) is 0. The van der Waals surface area contributed by atoms with Gasteiger partial charge >= 0.3 is 0 Å². The smallest absolute Gasteiger partial charge is 0.00683 e. The van der Waals surface area contributed by atoms with Crippen molar-refractivity contribution in [1.82, 2.24) is 5.32 Å². The maximum absolute atomic E-state index is 3.68. The van der Waals surface area contributed by atoms with E-state index >= 15 is 0 Å². The summed E-state index contributed by atoms with van der Waals surface area (Å²) in [5.41, 5.74) is 0.743. The second-order valence-corrected chi connectivity index (χ2v) is 6.24. The van der Waals surface area contributed by atoms with E-state index in [1.165, 1.54) is 51.5 Å². The predicted molar refractivity (Wildman–Crippen MR) is 59.2 cm³/mol.